The minimum Gasteiger partial charge on any atom is -0.466 e. The van der Waals surface area contributed by atoms with E-state index >= 15 is 0 Å². The largest absolute Gasteiger partial charge is 0.466 e. The molecule has 1 aliphatic heterocycles. The zero-order chi connectivity index (χ0) is 15.0. The van der Waals surface area contributed by atoms with Gasteiger partial charge in [0.2, 0.25) is 0 Å². The minimum absolute atomic E-state index is 0.210. The molecule has 3 rings (SSSR count). The Labute approximate surface area is 120 Å². The summed E-state index contributed by atoms with van der Waals surface area (Å²) in [5.74, 6) is 0.0641. The average Bonchev–Trinajstić information content (AvgIpc) is 3.13. The summed E-state index contributed by atoms with van der Waals surface area (Å²) in [5, 5.41) is 6.68. The Hall–Kier alpha value is -2.77. The lowest BCUT2D eigenvalue weighted by Gasteiger charge is -2.18. The molecular formula is C13H15N5O3. The summed E-state index contributed by atoms with van der Waals surface area (Å²) >= 11 is 0. The normalized spacial score (nSPS) is 21.9. The summed E-state index contributed by atoms with van der Waals surface area (Å²) in [5.41, 5.74) is 4.94. The number of nitrogen functional groups attached to an aromatic ring is 1. The highest BCUT2D eigenvalue weighted by molar-refractivity contribution is 6.06. The van der Waals surface area contributed by atoms with E-state index < -0.39 is 11.6 Å². The number of furan rings is 1. The van der Waals surface area contributed by atoms with Crippen LogP contribution in [0.4, 0.5) is 10.5 Å². The maximum atomic E-state index is 12.5. The number of hydrogen-bond donors (Lipinski definition) is 2. The molecular weight excluding hydrogens is 274 g/mol. The van der Waals surface area contributed by atoms with E-state index in [4.69, 9.17) is 10.2 Å². The van der Waals surface area contributed by atoms with Gasteiger partial charge in [-0.25, -0.2) is 4.79 Å². The third kappa shape index (κ3) is 2.14. The zero-order valence-electron chi connectivity index (χ0n) is 11.4. The van der Waals surface area contributed by atoms with Crippen LogP contribution in [0.3, 0.4) is 0 Å². The first kappa shape index (κ1) is 13.2. The van der Waals surface area contributed by atoms with Gasteiger partial charge in [0.1, 0.15) is 5.76 Å². The van der Waals surface area contributed by atoms with E-state index in [0.717, 1.165) is 4.90 Å². The van der Waals surface area contributed by atoms with Crippen LogP contribution in [-0.4, -0.2) is 33.2 Å². The summed E-state index contributed by atoms with van der Waals surface area (Å²) in [6, 6.07) is 2.89. The molecule has 3 amide bonds. The summed E-state index contributed by atoms with van der Waals surface area (Å²) < 4.78 is 6.84. The smallest absolute Gasteiger partial charge is 0.325 e. The molecule has 0 bridgehead atoms. The molecule has 2 aromatic heterocycles. The number of nitrogens with two attached hydrogens (primary N) is 1. The van der Waals surface area contributed by atoms with Crippen molar-refractivity contribution in [1.82, 2.24) is 20.0 Å². The Bertz CT molecular complexity index is 678. The molecule has 2 aromatic rings. The molecule has 110 valence electrons. The number of carbonyl (C=O) groups excluding carboxylic acids is 2. The zero-order valence-corrected chi connectivity index (χ0v) is 11.4. The van der Waals surface area contributed by atoms with Gasteiger partial charge >= 0.3 is 6.03 Å². The third-order valence-corrected chi connectivity index (χ3v) is 3.49. The second kappa shape index (κ2) is 4.65. The molecule has 21 heavy (non-hydrogen) atoms. The monoisotopic (exact) mass is 289 g/mol. The predicted molar refractivity (Wildman–Crippen MR) is 72.9 cm³/mol. The summed E-state index contributed by atoms with van der Waals surface area (Å²) in [6.45, 7) is 2.21. The molecule has 1 fully saturated rings. The third-order valence-electron chi connectivity index (χ3n) is 3.49. The molecule has 3 N–H and O–H groups in total. The van der Waals surface area contributed by atoms with Gasteiger partial charge in [-0.2, -0.15) is 5.10 Å². The molecule has 1 saturated heterocycles. The van der Waals surface area contributed by atoms with Crippen molar-refractivity contribution in [2.45, 2.75) is 19.0 Å². The Balaban J connectivity index is 1.75. The van der Waals surface area contributed by atoms with Crippen LogP contribution in [0.1, 0.15) is 12.7 Å². The van der Waals surface area contributed by atoms with Crippen molar-refractivity contribution < 1.29 is 14.0 Å². The molecule has 1 unspecified atom stereocenters. The summed E-state index contributed by atoms with van der Waals surface area (Å²) in [7, 11) is 0. The molecule has 0 radical (unpaired) electrons. The molecule has 8 heteroatoms. The SMILES string of the molecule is CC1(c2ccco2)NC(=O)N(CCn2cc(N)cn2)C1=O. The number of anilines is 1. The van der Waals surface area contributed by atoms with Gasteiger partial charge in [-0.3, -0.25) is 14.4 Å². The van der Waals surface area contributed by atoms with Gasteiger partial charge in [0, 0.05) is 6.20 Å². The van der Waals surface area contributed by atoms with Gasteiger partial charge in [0.05, 0.1) is 31.2 Å². The number of urea groups is 1. The summed E-state index contributed by atoms with van der Waals surface area (Å²) in [6.07, 6.45) is 4.62. The number of rotatable bonds is 4. The van der Waals surface area contributed by atoms with E-state index in [1.54, 1.807) is 29.9 Å². The first-order valence-electron chi connectivity index (χ1n) is 6.47. The lowest BCUT2D eigenvalue weighted by molar-refractivity contribution is -0.131. The van der Waals surface area contributed by atoms with E-state index in [0.29, 0.717) is 18.0 Å². The van der Waals surface area contributed by atoms with E-state index in [1.165, 1.54) is 12.5 Å². The van der Waals surface area contributed by atoms with Crippen LogP contribution in [0.25, 0.3) is 0 Å². The van der Waals surface area contributed by atoms with Crippen LogP contribution in [-0.2, 0) is 16.9 Å². The van der Waals surface area contributed by atoms with Gasteiger partial charge in [0.25, 0.3) is 5.91 Å². The van der Waals surface area contributed by atoms with Crippen LogP contribution in [0, 0.1) is 0 Å². The number of nitrogens with zero attached hydrogens (tertiary/aromatic N) is 3. The van der Waals surface area contributed by atoms with Crippen LogP contribution in [0.5, 0.6) is 0 Å². The van der Waals surface area contributed by atoms with E-state index in [9.17, 15) is 9.59 Å². The Kier molecular flexibility index (Phi) is 2.93. The second-order valence-electron chi connectivity index (χ2n) is 5.03. The van der Waals surface area contributed by atoms with E-state index in [1.807, 2.05) is 0 Å². The van der Waals surface area contributed by atoms with Crippen molar-refractivity contribution >= 4 is 17.6 Å². The van der Waals surface area contributed by atoms with Crippen LogP contribution in [0.2, 0.25) is 0 Å². The first-order valence-corrected chi connectivity index (χ1v) is 6.47. The highest BCUT2D eigenvalue weighted by Crippen LogP contribution is 2.28. The minimum atomic E-state index is -1.16. The molecule has 3 heterocycles. The number of hydrogen-bond acceptors (Lipinski definition) is 5. The van der Waals surface area contributed by atoms with Crippen molar-refractivity contribution in [2.75, 3.05) is 12.3 Å². The highest BCUT2D eigenvalue weighted by atomic mass is 16.3. The highest BCUT2D eigenvalue weighted by Gasteiger charge is 2.50. The standard InChI is InChI=1S/C13H15N5O3/c1-13(10-3-2-6-21-10)11(19)18(12(20)16-13)5-4-17-8-9(14)7-15-17/h2-3,6-8H,4-5,14H2,1H3,(H,16,20). The molecule has 0 spiro atoms. The lowest BCUT2D eigenvalue weighted by Crippen LogP contribution is -2.40. The Morgan fingerprint density at radius 1 is 1.43 bits per heavy atom. The maximum Gasteiger partial charge on any atom is 0.325 e. The molecule has 8 nitrogen and oxygen atoms in total. The Morgan fingerprint density at radius 3 is 2.86 bits per heavy atom. The fourth-order valence-corrected chi connectivity index (χ4v) is 2.33. The predicted octanol–water partition coefficient (Wildman–Crippen LogP) is 0.525. The number of aromatic nitrogens is 2. The van der Waals surface area contributed by atoms with Gasteiger partial charge in [0.15, 0.2) is 5.54 Å². The maximum absolute atomic E-state index is 12.5. The molecule has 1 aliphatic rings. The van der Waals surface area contributed by atoms with Gasteiger partial charge in [-0.15, -0.1) is 0 Å². The number of imide groups is 1. The second-order valence-corrected chi connectivity index (χ2v) is 5.03. The quantitative estimate of drug-likeness (QED) is 0.798. The van der Waals surface area contributed by atoms with Crippen LogP contribution >= 0.6 is 0 Å². The van der Waals surface area contributed by atoms with Gasteiger partial charge in [-0.1, -0.05) is 0 Å². The molecule has 1 atom stereocenters. The van der Waals surface area contributed by atoms with E-state index in [-0.39, 0.29) is 12.5 Å². The van der Waals surface area contributed by atoms with Crippen LogP contribution < -0.4 is 11.1 Å². The molecule has 0 aliphatic carbocycles. The molecule has 0 aromatic carbocycles. The lowest BCUT2D eigenvalue weighted by atomic mass is 9.99. The van der Waals surface area contributed by atoms with Gasteiger partial charge in [-0.05, 0) is 19.1 Å². The van der Waals surface area contributed by atoms with E-state index in [2.05, 4.69) is 10.4 Å². The topological polar surface area (TPSA) is 106 Å². The van der Waals surface area contributed by atoms with Crippen molar-refractivity contribution in [3.05, 3.63) is 36.5 Å². The van der Waals surface area contributed by atoms with Gasteiger partial charge < -0.3 is 15.5 Å². The molecule has 0 saturated carbocycles. The van der Waals surface area contributed by atoms with Crippen molar-refractivity contribution in [3.63, 3.8) is 0 Å². The fraction of sp³-hybridized carbons (Fsp3) is 0.308. The first-order chi connectivity index (χ1) is 10.0. The number of nitrogens with one attached hydrogen (secondary N) is 1. The Morgan fingerprint density at radius 2 is 2.24 bits per heavy atom. The van der Waals surface area contributed by atoms with Crippen molar-refractivity contribution in [1.29, 1.82) is 0 Å². The number of amides is 3. The fourth-order valence-electron chi connectivity index (χ4n) is 2.33. The number of carbonyl (C=O) groups is 2. The van der Waals surface area contributed by atoms with Crippen molar-refractivity contribution in [2.24, 2.45) is 0 Å². The average molecular weight is 289 g/mol. The van der Waals surface area contributed by atoms with Crippen LogP contribution in [0.15, 0.2) is 35.2 Å². The summed E-state index contributed by atoms with van der Waals surface area (Å²) in [4.78, 5) is 25.7. The van der Waals surface area contributed by atoms with Crippen molar-refractivity contribution in [3.8, 4) is 0 Å².